The Bertz CT molecular complexity index is 1280. The van der Waals surface area contributed by atoms with Gasteiger partial charge in [-0.25, -0.2) is 0 Å². The minimum absolute atomic E-state index is 0.0377. The van der Waals surface area contributed by atoms with Crippen LogP contribution in [0.5, 0.6) is 0 Å². The predicted octanol–water partition coefficient (Wildman–Crippen LogP) is 13.9. The molecular formula is C52H92NO8P. The summed E-state index contributed by atoms with van der Waals surface area (Å²) in [5.41, 5.74) is 0. The summed E-state index contributed by atoms with van der Waals surface area (Å²) in [6, 6.07) is 0. The molecule has 358 valence electrons. The molecule has 0 aliphatic heterocycles. The number of allylic oxidation sites excluding steroid dienone is 12. The summed E-state index contributed by atoms with van der Waals surface area (Å²) >= 11 is 0. The van der Waals surface area contributed by atoms with Gasteiger partial charge in [0.1, 0.15) is 19.8 Å². The molecular weight excluding hydrogens is 798 g/mol. The van der Waals surface area contributed by atoms with Gasteiger partial charge in [-0.15, -0.1) is 0 Å². The Hall–Kier alpha value is -2.55. The van der Waals surface area contributed by atoms with E-state index in [2.05, 4.69) is 86.8 Å². The Kier molecular flexibility index (Phi) is 41.9. The van der Waals surface area contributed by atoms with Crippen LogP contribution in [0, 0.1) is 0 Å². The second kappa shape index (κ2) is 43.7. The summed E-state index contributed by atoms with van der Waals surface area (Å²) < 4.78 is 34.0. The molecule has 0 fully saturated rings. The third-order valence-electron chi connectivity index (χ3n) is 10.2. The van der Waals surface area contributed by atoms with Gasteiger partial charge in [0.25, 0.3) is 7.82 Å². The van der Waals surface area contributed by atoms with Crippen molar-refractivity contribution in [1.82, 2.24) is 0 Å². The smallest absolute Gasteiger partial charge is 0.306 e. The fourth-order valence-corrected chi connectivity index (χ4v) is 7.11. The highest BCUT2D eigenvalue weighted by atomic mass is 31.2. The van der Waals surface area contributed by atoms with Crippen LogP contribution < -0.4 is 4.89 Å². The van der Waals surface area contributed by atoms with E-state index in [1.807, 2.05) is 21.1 Å². The van der Waals surface area contributed by atoms with Crippen molar-refractivity contribution in [1.29, 1.82) is 0 Å². The maximum atomic E-state index is 12.7. The SMILES string of the molecule is CC/C=C\C/C=C\C/C=C\C/C=C\C/C=C\CCCCCCCCCC(=O)OC(COC(=O)CCCCCCC/C=C\CCCCCCCC)COP(=O)([O-])OCC[N+](C)(C)C. The van der Waals surface area contributed by atoms with Crippen molar-refractivity contribution in [3.8, 4) is 0 Å². The number of carbonyl (C=O) groups is 2. The monoisotopic (exact) mass is 890 g/mol. The number of carbonyl (C=O) groups excluding carboxylic acids is 2. The summed E-state index contributed by atoms with van der Waals surface area (Å²) in [5, 5.41) is 0. The molecule has 0 N–H and O–H groups in total. The minimum Gasteiger partial charge on any atom is -0.756 e. The number of quaternary nitrogens is 1. The molecule has 0 heterocycles. The van der Waals surface area contributed by atoms with Gasteiger partial charge in [0, 0.05) is 12.8 Å². The van der Waals surface area contributed by atoms with E-state index in [1.54, 1.807) is 0 Å². The molecule has 2 unspecified atom stereocenters. The Labute approximate surface area is 380 Å². The molecule has 0 aromatic carbocycles. The van der Waals surface area contributed by atoms with Crippen LogP contribution in [0.25, 0.3) is 0 Å². The first kappa shape index (κ1) is 59.5. The number of ether oxygens (including phenoxy) is 2. The van der Waals surface area contributed by atoms with Crippen LogP contribution in [0.4, 0.5) is 0 Å². The second-order valence-corrected chi connectivity index (χ2v) is 18.9. The van der Waals surface area contributed by atoms with E-state index in [9.17, 15) is 19.0 Å². The van der Waals surface area contributed by atoms with E-state index in [4.69, 9.17) is 18.5 Å². The molecule has 0 saturated carbocycles. The lowest BCUT2D eigenvalue weighted by molar-refractivity contribution is -0.870. The van der Waals surface area contributed by atoms with E-state index in [1.165, 1.54) is 64.2 Å². The van der Waals surface area contributed by atoms with Crippen molar-refractivity contribution in [2.24, 2.45) is 0 Å². The third kappa shape index (κ3) is 46.9. The zero-order chi connectivity index (χ0) is 45.7. The van der Waals surface area contributed by atoms with Crippen molar-refractivity contribution in [2.75, 3.05) is 47.5 Å². The normalized spacial score (nSPS) is 14.1. The summed E-state index contributed by atoms with van der Waals surface area (Å²) in [6.07, 6.45) is 55.0. The van der Waals surface area contributed by atoms with Crippen molar-refractivity contribution in [3.63, 3.8) is 0 Å². The molecule has 10 heteroatoms. The van der Waals surface area contributed by atoms with Crippen LogP contribution in [0.3, 0.4) is 0 Å². The van der Waals surface area contributed by atoms with E-state index in [0.29, 0.717) is 23.9 Å². The number of likely N-dealkylation sites (N-methyl/N-ethyl adjacent to an activating group) is 1. The van der Waals surface area contributed by atoms with Gasteiger partial charge in [0.15, 0.2) is 6.10 Å². The highest BCUT2D eigenvalue weighted by molar-refractivity contribution is 7.45. The number of esters is 2. The molecule has 2 atom stereocenters. The number of rotatable bonds is 44. The standard InChI is InChI=1S/C52H92NO8P/c1-6-8-10-12-14-16-18-20-22-23-24-25-26-27-28-29-31-33-35-37-39-41-43-45-52(55)61-50(49-60-62(56,57)59-47-46-53(3,4)5)48-58-51(54)44-42-40-38-36-34-32-30-21-19-17-15-13-11-9-7-2/h8,10,14,16,20-22,24-25,27-28,30,50H,6-7,9,11-13,15,17-19,23,26,29,31-49H2,1-5H3/b10-8-,16-14-,22-20-,25-24-,28-27-,30-21-. The lowest BCUT2D eigenvalue weighted by atomic mass is 10.1. The fourth-order valence-electron chi connectivity index (χ4n) is 6.38. The van der Waals surface area contributed by atoms with Crippen LogP contribution in [0.1, 0.15) is 194 Å². The number of phosphoric acid groups is 1. The maximum absolute atomic E-state index is 12.7. The number of hydrogen-bond donors (Lipinski definition) is 0. The molecule has 0 aromatic rings. The van der Waals surface area contributed by atoms with Gasteiger partial charge in [-0.1, -0.05) is 170 Å². The Balaban J connectivity index is 4.32. The molecule has 9 nitrogen and oxygen atoms in total. The minimum atomic E-state index is -4.64. The molecule has 0 spiro atoms. The summed E-state index contributed by atoms with van der Waals surface area (Å²) in [7, 11) is 1.14. The molecule has 0 saturated heterocycles. The van der Waals surface area contributed by atoms with Crippen LogP contribution in [0.15, 0.2) is 72.9 Å². The van der Waals surface area contributed by atoms with Gasteiger partial charge in [-0.05, 0) is 83.5 Å². The van der Waals surface area contributed by atoms with Crippen molar-refractivity contribution in [2.45, 2.75) is 200 Å². The molecule has 0 aromatic heterocycles. The fraction of sp³-hybridized carbons (Fsp3) is 0.731. The average Bonchev–Trinajstić information content (AvgIpc) is 3.23. The quantitative estimate of drug-likeness (QED) is 0.0195. The summed E-state index contributed by atoms with van der Waals surface area (Å²) in [5.74, 6) is -0.860. The number of unbranched alkanes of at least 4 members (excludes halogenated alkanes) is 18. The first-order valence-electron chi connectivity index (χ1n) is 24.6. The van der Waals surface area contributed by atoms with Gasteiger partial charge < -0.3 is 27.9 Å². The predicted molar refractivity (Wildman–Crippen MR) is 259 cm³/mol. The first-order chi connectivity index (χ1) is 30.0. The number of hydrogen-bond acceptors (Lipinski definition) is 8. The van der Waals surface area contributed by atoms with Gasteiger partial charge in [-0.2, -0.15) is 0 Å². The highest BCUT2D eigenvalue weighted by Crippen LogP contribution is 2.38. The van der Waals surface area contributed by atoms with Gasteiger partial charge in [-0.3, -0.25) is 14.2 Å². The molecule has 62 heavy (non-hydrogen) atoms. The van der Waals surface area contributed by atoms with E-state index < -0.39 is 32.5 Å². The van der Waals surface area contributed by atoms with Crippen LogP contribution in [-0.2, 0) is 32.7 Å². The van der Waals surface area contributed by atoms with Crippen molar-refractivity contribution in [3.05, 3.63) is 72.9 Å². The van der Waals surface area contributed by atoms with E-state index in [0.717, 1.165) is 89.9 Å². The zero-order valence-electron chi connectivity index (χ0n) is 40.3. The lowest BCUT2D eigenvalue weighted by Gasteiger charge is -2.28. The Morgan fingerprint density at radius 3 is 1.39 bits per heavy atom. The van der Waals surface area contributed by atoms with E-state index in [-0.39, 0.29) is 26.1 Å². The largest absolute Gasteiger partial charge is 0.756 e. The number of nitrogens with zero attached hydrogens (tertiary/aromatic N) is 1. The van der Waals surface area contributed by atoms with Crippen molar-refractivity contribution < 1.29 is 42.1 Å². The molecule has 0 amide bonds. The Morgan fingerprint density at radius 2 is 0.919 bits per heavy atom. The molecule has 0 radical (unpaired) electrons. The highest BCUT2D eigenvalue weighted by Gasteiger charge is 2.21. The maximum Gasteiger partial charge on any atom is 0.306 e. The van der Waals surface area contributed by atoms with Gasteiger partial charge in [0.2, 0.25) is 0 Å². The molecule has 0 aliphatic rings. The van der Waals surface area contributed by atoms with Crippen LogP contribution >= 0.6 is 7.82 Å². The summed E-state index contributed by atoms with van der Waals surface area (Å²) in [4.78, 5) is 37.7. The van der Waals surface area contributed by atoms with Crippen LogP contribution in [-0.4, -0.2) is 70.0 Å². The molecule has 0 aliphatic carbocycles. The van der Waals surface area contributed by atoms with Gasteiger partial charge >= 0.3 is 11.9 Å². The zero-order valence-corrected chi connectivity index (χ0v) is 41.2. The van der Waals surface area contributed by atoms with Gasteiger partial charge in [0.05, 0.1) is 27.7 Å². The topological polar surface area (TPSA) is 111 Å². The summed E-state index contributed by atoms with van der Waals surface area (Å²) in [6.45, 7) is 4.08. The third-order valence-corrected chi connectivity index (χ3v) is 11.2. The molecule has 0 bridgehead atoms. The van der Waals surface area contributed by atoms with Crippen molar-refractivity contribution >= 4 is 19.8 Å². The molecule has 0 rings (SSSR count). The first-order valence-corrected chi connectivity index (χ1v) is 26.1. The second-order valence-electron chi connectivity index (χ2n) is 17.4. The average molecular weight is 890 g/mol. The number of phosphoric ester groups is 1. The van der Waals surface area contributed by atoms with E-state index >= 15 is 0 Å². The Morgan fingerprint density at radius 1 is 0.516 bits per heavy atom. The van der Waals surface area contributed by atoms with Crippen LogP contribution in [0.2, 0.25) is 0 Å². The lowest BCUT2D eigenvalue weighted by Crippen LogP contribution is -2.37.